The van der Waals surface area contributed by atoms with Crippen molar-refractivity contribution in [2.75, 3.05) is 20.1 Å². The number of cyclic esters (lactones) is 1. The first-order valence-electron chi connectivity index (χ1n) is 17.4. The van der Waals surface area contributed by atoms with Gasteiger partial charge in [-0.1, -0.05) is 60.8 Å². The first-order chi connectivity index (χ1) is 22.4. The second-order valence-electron chi connectivity index (χ2n) is 15.1. The van der Waals surface area contributed by atoms with E-state index in [1.807, 2.05) is 34.6 Å². The number of nitrogens with zero attached hydrogens (tertiary/aromatic N) is 1. The summed E-state index contributed by atoms with van der Waals surface area (Å²) in [5.74, 6) is -5.04. The topological polar surface area (TPSA) is 209 Å². The summed E-state index contributed by atoms with van der Waals surface area (Å²) in [5, 5.41) is 20.7. The van der Waals surface area contributed by atoms with E-state index in [2.05, 4.69) is 21.3 Å². The zero-order valence-corrected chi connectivity index (χ0v) is 30.1. The third kappa shape index (κ3) is 12.3. The lowest BCUT2D eigenvalue weighted by Gasteiger charge is -2.36. The van der Waals surface area contributed by atoms with Gasteiger partial charge in [-0.25, -0.2) is 0 Å². The first-order valence-corrected chi connectivity index (χ1v) is 17.4. The van der Waals surface area contributed by atoms with Crippen LogP contribution in [0.3, 0.4) is 0 Å². The minimum absolute atomic E-state index is 0.0141. The maximum Gasteiger partial charge on any atom is 0.325 e. The van der Waals surface area contributed by atoms with E-state index in [9.17, 15) is 33.9 Å². The summed E-state index contributed by atoms with van der Waals surface area (Å²) in [6.07, 6.45) is 3.15. The number of carbonyl (C=O) groups excluding carboxylic acids is 6. The van der Waals surface area contributed by atoms with Crippen LogP contribution in [0.5, 0.6) is 0 Å². The summed E-state index contributed by atoms with van der Waals surface area (Å²) >= 11 is 0. The smallest absolute Gasteiger partial charge is 0.325 e. The highest BCUT2D eigenvalue weighted by Crippen LogP contribution is 2.29. The normalized spacial score (nSPS) is 29.1. The highest BCUT2D eigenvalue weighted by molar-refractivity contribution is 5.96. The van der Waals surface area contributed by atoms with E-state index < -0.39 is 84.3 Å². The van der Waals surface area contributed by atoms with Crippen LogP contribution in [-0.2, 0) is 33.5 Å². The van der Waals surface area contributed by atoms with Crippen molar-refractivity contribution in [1.82, 2.24) is 26.2 Å². The number of rotatable bonds is 7. The molecule has 14 nitrogen and oxygen atoms in total. The molecule has 1 aliphatic carbocycles. The van der Waals surface area contributed by atoms with Gasteiger partial charge >= 0.3 is 5.97 Å². The Hall–Kier alpha value is -3.26. The third-order valence-electron chi connectivity index (χ3n) is 9.26. The van der Waals surface area contributed by atoms with E-state index >= 15 is 0 Å². The zero-order chi connectivity index (χ0) is 36.3. The minimum Gasteiger partial charge on any atom is -0.460 e. The molecule has 7 N–H and O–H groups in total. The lowest BCUT2D eigenvalue weighted by molar-refractivity contribution is -0.158. The molecule has 2 rings (SSSR count). The van der Waals surface area contributed by atoms with Crippen molar-refractivity contribution < 1.29 is 38.6 Å². The maximum atomic E-state index is 14.1. The van der Waals surface area contributed by atoms with E-state index in [-0.39, 0.29) is 23.8 Å². The molecule has 0 radical (unpaired) electrons. The van der Waals surface area contributed by atoms with Gasteiger partial charge in [0.15, 0.2) is 0 Å². The van der Waals surface area contributed by atoms with Crippen LogP contribution < -0.4 is 27.0 Å². The summed E-state index contributed by atoms with van der Waals surface area (Å²) in [7, 11) is 1.54. The van der Waals surface area contributed by atoms with Gasteiger partial charge in [0.05, 0.1) is 12.0 Å². The fourth-order valence-corrected chi connectivity index (χ4v) is 6.25. The molecule has 48 heavy (non-hydrogen) atoms. The zero-order valence-electron chi connectivity index (χ0n) is 30.1. The molecule has 7 atom stereocenters. The molecule has 0 aromatic heterocycles. The van der Waals surface area contributed by atoms with E-state index in [0.717, 1.165) is 19.3 Å². The number of likely N-dealkylation sites (N-methyl/N-ethyl adjacent to an activating group) is 1. The molecule has 1 aliphatic heterocycles. The quantitative estimate of drug-likeness (QED) is 0.209. The number of hydrogen-bond donors (Lipinski definition) is 6. The number of carbonyl (C=O) groups is 6. The van der Waals surface area contributed by atoms with Gasteiger partial charge in [0.2, 0.25) is 29.5 Å². The maximum absolute atomic E-state index is 14.1. The number of nitrogens with one attached hydrogen (secondary N) is 4. The highest BCUT2D eigenvalue weighted by atomic mass is 16.5. The number of aliphatic hydroxyl groups is 1. The molecule has 14 heteroatoms. The summed E-state index contributed by atoms with van der Waals surface area (Å²) < 4.78 is 5.77. The van der Waals surface area contributed by atoms with Crippen molar-refractivity contribution in [2.24, 2.45) is 28.9 Å². The van der Waals surface area contributed by atoms with E-state index in [1.165, 1.54) is 18.9 Å². The molecule has 2 fully saturated rings. The van der Waals surface area contributed by atoms with Crippen LogP contribution in [0, 0.1) is 23.2 Å². The predicted octanol–water partition coefficient (Wildman–Crippen LogP) is 0.738. The monoisotopic (exact) mass is 680 g/mol. The van der Waals surface area contributed by atoms with Gasteiger partial charge in [-0.3, -0.25) is 28.8 Å². The van der Waals surface area contributed by atoms with Gasteiger partial charge in [0.1, 0.15) is 36.8 Å². The van der Waals surface area contributed by atoms with Gasteiger partial charge in [-0.05, 0) is 56.3 Å². The fraction of sp³-hybridized carbons (Fsp3) is 0.824. The van der Waals surface area contributed by atoms with Crippen LogP contribution in [0.25, 0.3) is 0 Å². The summed E-state index contributed by atoms with van der Waals surface area (Å²) in [6.45, 7) is 12.0. The van der Waals surface area contributed by atoms with Crippen LogP contribution in [0.1, 0.15) is 99.8 Å². The number of amides is 5. The fourth-order valence-electron chi connectivity index (χ4n) is 6.25. The van der Waals surface area contributed by atoms with Crippen LogP contribution in [0.2, 0.25) is 0 Å². The van der Waals surface area contributed by atoms with E-state index in [4.69, 9.17) is 10.5 Å². The molecule has 0 aromatic carbocycles. The molecule has 5 amide bonds. The average Bonchev–Trinajstić information content (AvgIpc) is 3.02. The Morgan fingerprint density at radius 3 is 2.08 bits per heavy atom. The summed E-state index contributed by atoms with van der Waals surface area (Å²) in [5.41, 5.74) is 5.74. The number of nitrogens with two attached hydrogens (primary N) is 1. The van der Waals surface area contributed by atoms with Crippen LogP contribution in [-0.4, -0.2) is 102 Å². The molecule has 0 unspecified atom stereocenters. The first kappa shape index (κ1) is 40.9. The van der Waals surface area contributed by atoms with Gasteiger partial charge in [0.25, 0.3) is 0 Å². The lowest BCUT2D eigenvalue weighted by Crippen LogP contribution is -2.62. The Labute approximate surface area is 285 Å². The van der Waals surface area contributed by atoms with Gasteiger partial charge in [-0.15, -0.1) is 0 Å². The molecular formula is C34H60N6O8. The van der Waals surface area contributed by atoms with E-state index in [0.29, 0.717) is 32.1 Å². The van der Waals surface area contributed by atoms with Crippen molar-refractivity contribution in [3.05, 3.63) is 0 Å². The van der Waals surface area contributed by atoms with Crippen LogP contribution >= 0.6 is 0 Å². The molecule has 0 bridgehead atoms. The number of aliphatic hydroxyl groups excluding tert-OH is 1. The molecule has 274 valence electrons. The van der Waals surface area contributed by atoms with Gasteiger partial charge in [-0.2, -0.15) is 0 Å². The molecule has 1 heterocycles. The van der Waals surface area contributed by atoms with Crippen LogP contribution in [0.4, 0.5) is 0 Å². The Bertz CT molecular complexity index is 1130. The Balaban J connectivity index is 2.59. The van der Waals surface area contributed by atoms with Crippen molar-refractivity contribution >= 4 is 35.5 Å². The van der Waals surface area contributed by atoms with Crippen LogP contribution in [0.15, 0.2) is 0 Å². The predicted molar refractivity (Wildman–Crippen MR) is 180 cm³/mol. The average molecular weight is 681 g/mol. The summed E-state index contributed by atoms with van der Waals surface area (Å²) in [4.78, 5) is 82.6. The van der Waals surface area contributed by atoms with Gasteiger partial charge < -0.3 is 41.7 Å². The summed E-state index contributed by atoms with van der Waals surface area (Å²) in [6, 6.07) is -4.70. The Morgan fingerprint density at radius 2 is 1.54 bits per heavy atom. The van der Waals surface area contributed by atoms with Crippen molar-refractivity contribution in [2.45, 2.75) is 136 Å². The number of esters is 1. The third-order valence-corrected chi connectivity index (χ3v) is 9.26. The SMILES string of the molecule is CC(C)C[C@H]1C(=O)N[C@@H](C2CCCCC2)C(=O)N[C@@H](CN)C(=O)N[C@@H]([C@H](C)O)C(=O)NCC(=O)O[C@H](CCC(C)(C)C)[C@@H](C)C(=O)N1C. The van der Waals surface area contributed by atoms with Crippen molar-refractivity contribution in [3.63, 3.8) is 0 Å². The minimum atomic E-state index is -1.48. The second kappa shape index (κ2) is 18.5. The molecule has 1 saturated carbocycles. The Kier molecular flexibility index (Phi) is 15.8. The van der Waals surface area contributed by atoms with Crippen molar-refractivity contribution in [3.8, 4) is 0 Å². The molecule has 2 aliphatic rings. The molecule has 1 saturated heterocycles. The molecular weight excluding hydrogens is 620 g/mol. The molecule has 0 aromatic rings. The Morgan fingerprint density at radius 1 is 0.917 bits per heavy atom. The standard InChI is InChI=1S/C34H60N6O8/c1-19(2)16-24-30(44)39-28(22-12-10-9-11-13-22)32(46)37-23(17-35)29(43)38-27(21(4)41)31(45)36-18-26(42)48-25(14-15-34(5,6)7)20(3)33(47)40(24)8/h19-25,27-28,41H,9-18,35H2,1-8H3,(H,36,45)(H,37,46)(H,38,43)(H,39,44)/t20-,21+,23+,24+,25-,27+,28+/m1/s1. The van der Waals surface area contributed by atoms with E-state index in [1.54, 1.807) is 6.92 Å². The van der Waals surface area contributed by atoms with Crippen molar-refractivity contribution in [1.29, 1.82) is 0 Å². The highest BCUT2D eigenvalue weighted by Gasteiger charge is 2.39. The lowest BCUT2D eigenvalue weighted by atomic mass is 9.83. The molecule has 0 spiro atoms. The largest absolute Gasteiger partial charge is 0.460 e. The van der Waals surface area contributed by atoms with Gasteiger partial charge in [0, 0.05) is 13.6 Å². The number of hydrogen-bond acceptors (Lipinski definition) is 9. The number of ether oxygens (including phenoxy) is 1. The second-order valence-corrected chi connectivity index (χ2v) is 15.1.